The van der Waals surface area contributed by atoms with E-state index in [4.69, 9.17) is 49.0 Å². The summed E-state index contributed by atoms with van der Waals surface area (Å²) in [5.41, 5.74) is 2.66. The summed E-state index contributed by atoms with van der Waals surface area (Å²) < 4.78 is 81.9. The molecule has 0 radical (unpaired) electrons. The molecule has 2 unspecified atom stereocenters. The lowest BCUT2D eigenvalue weighted by Crippen LogP contribution is -2.46. The van der Waals surface area contributed by atoms with Crippen molar-refractivity contribution in [2.24, 2.45) is 0 Å². The van der Waals surface area contributed by atoms with Crippen molar-refractivity contribution in [1.82, 2.24) is 20.0 Å². The second-order valence-corrected chi connectivity index (χ2v) is 25.1. The van der Waals surface area contributed by atoms with E-state index in [0.29, 0.717) is 18.7 Å². The number of piperazine rings is 2. The van der Waals surface area contributed by atoms with Crippen LogP contribution in [0, 0.1) is 0 Å². The Hall–Kier alpha value is -1.23. The van der Waals surface area contributed by atoms with Crippen molar-refractivity contribution in [2.45, 2.75) is 54.6 Å². The largest absolute Gasteiger partial charge is 0.478 e. The predicted octanol–water partition coefficient (Wildman–Crippen LogP) is 9.35. The number of carboxylic acid groups (broad SMARTS) is 2. The van der Waals surface area contributed by atoms with Gasteiger partial charge in [-0.25, -0.2) is 9.59 Å². The van der Waals surface area contributed by atoms with Gasteiger partial charge in [-0.3, -0.25) is 33.0 Å². The molecular formula is C40H71Cl3N4O14P4. The van der Waals surface area contributed by atoms with E-state index in [1.807, 2.05) is 24.3 Å². The number of hydrogen-bond acceptors (Lipinski definition) is 16. The van der Waals surface area contributed by atoms with Crippen molar-refractivity contribution < 1.29 is 65.2 Å². The highest BCUT2D eigenvalue weighted by atomic mass is 35.5. The summed E-state index contributed by atoms with van der Waals surface area (Å²) in [4.78, 5) is 28.4. The highest BCUT2D eigenvalue weighted by Crippen LogP contribution is 2.64. The van der Waals surface area contributed by atoms with Gasteiger partial charge in [-0.2, -0.15) is 0 Å². The van der Waals surface area contributed by atoms with Crippen LogP contribution in [-0.2, 0) is 58.5 Å². The molecule has 0 saturated carbocycles. The zero-order chi connectivity index (χ0) is 46.9. The van der Waals surface area contributed by atoms with Gasteiger partial charge in [0.15, 0.2) is 0 Å². The van der Waals surface area contributed by atoms with Gasteiger partial charge >= 0.3 is 27.1 Å². The van der Waals surface area contributed by atoms with E-state index >= 15 is 0 Å². The van der Waals surface area contributed by atoms with Crippen molar-refractivity contribution >= 4 is 78.3 Å². The van der Waals surface area contributed by atoms with Gasteiger partial charge in [-0.1, -0.05) is 24.3 Å². The Morgan fingerprint density at radius 3 is 1.20 bits per heavy atom. The quantitative estimate of drug-likeness (QED) is 0.0623. The number of hydrogen-bond donors (Lipinski definition) is 3. The van der Waals surface area contributed by atoms with Crippen LogP contribution in [0.15, 0.2) is 48.5 Å². The zero-order valence-electron chi connectivity index (χ0n) is 38.4. The number of alkyl halides is 1. The second-order valence-electron chi connectivity index (χ2n) is 14.3. The molecule has 18 nitrogen and oxygen atoms in total. The first-order chi connectivity index (χ1) is 29.9. The summed E-state index contributed by atoms with van der Waals surface area (Å²) in [6, 6.07) is 14.0. The Balaban J connectivity index is 0.00000102. The van der Waals surface area contributed by atoms with Crippen molar-refractivity contribution in [2.75, 3.05) is 116 Å². The molecule has 0 bridgehead atoms. The molecular weight excluding hydrogens is 991 g/mol. The van der Waals surface area contributed by atoms with E-state index in [0.717, 1.165) is 57.9 Å². The molecule has 2 heterocycles. The van der Waals surface area contributed by atoms with Gasteiger partial charge in [0.25, 0.3) is 0 Å². The fourth-order valence-corrected chi connectivity index (χ4v) is 18.0. The van der Waals surface area contributed by atoms with E-state index in [1.54, 1.807) is 65.8 Å². The minimum Gasteiger partial charge on any atom is -0.478 e. The normalized spacial score (nSPS) is 16.8. The molecule has 3 N–H and O–H groups in total. The first-order valence-electron chi connectivity index (χ1n) is 21.2. The summed E-state index contributed by atoms with van der Waals surface area (Å²) in [6.07, 6.45) is 0.214. The molecule has 0 spiro atoms. The Kier molecular flexibility index (Phi) is 32.7. The highest BCUT2D eigenvalue weighted by Gasteiger charge is 2.39. The Morgan fingerprint density at radius 1 is 0.538 bits per heavy atom. The van der Waals surface area contributed by atoms with Gasteiger partial charge in [0, 0.05) is 65.4 Å². The minimum absolute atomic E-state index is 0. The van der Waals surface area contributed by atoms with Gasteiger partial charge in [0.1, 0.15) is 11.8 Å². The summed E-state index contributed by atoms with van der Waals surface area (Å²) in [5, 5.41) is 21.1. The van der Waals surface area contributed by atoms with Crippen LogP contribution < -0.4 is 5.32 Å². The Morgan fingerprint density at radius 2 is 0.862 bits per heavy atom. The van der Waals surface area contributed by atoms with Crippen LogP contribution in [0.5, 0.6) is 0 Å². The number of aromatic carboxylic acids is 2. The smallest absolute Gasteiger partial charge is 0.340 e. The highest BCUT2D eigenvalue weighted by molar-refractivity contribution is 7.75. The van der Waals surface area contributed by atoms with Crippen molar-refractivity contribution in [3.63, 3.8) is 0 Å². The van der Waals surface area contributed by atoms with Crippen LogP contribution in [0.2, 0.25) is 0 Å². The monoisotopic (exact) mass is 1060 g/mol. The molecule has 376 valence electrons. The third-order valence-electron chi connectivity index (χ3n) is 9.30. The molecule has 2 aromatic carbocycles. The number of benzene rings is 2. The topological polar surface area (TPSA) is 220 Å². The summed E-state index contributed by atoms with van der Waals surface area (Å²) in [7, 11) is -13.2. The maximum absolute atomic E-state index is 13.4. The average Bonchev–Trinajstić information content (AvgIpc) is 3.23. The number of nitrogens with zero attached hydrogens (tertiary/aromatic N) is 3. The molecule has 0 amide bonds. The lowest BCUT2D eigenvalue weighted by molar-refractivity contribution is 0.0686. The lowest BCUT2D eigenvalue weighted by atomic mass is 10.1. The molecule has 25 heteroatoms. The first-order valence-corrected chi connectivity index (χ1v) is 29.2. The summed E-state index contributed by atoms with van der Waals surface area (Å²) in [5.74, 6) is -2.28. The van der Waals surface area contributed by atoms with Crippen LogP contribution in [0.25, 0.3) is 0 Å². The van der Waals surface area contributed by atoms with E-state index < -0.39 is 41.9 Å². The third kappa shape index (κ3) is 24.8. The van der Waals surface area contributed by atoms with Gasteiger partial charge in [-0.15, -0.1) is 36.4 Å². The molecule has 2 saturated heterocycles. The SMILES string of the molecule is CCOP(=O)(CCl)CP(=O)(OCC)OCC.CCOP(=O)(CN1CCN(Cc2ccc(C(=O)O)cc2)CC1)CP(=O)(OCC)OCC.Cl.Cl.O=C(O)c1ccc(CN2CCNCC2)cc1. The fraction of sp³-hybridized carbons (Fsp3) is 0.650. The van der Waals surface area contributed by atoms with Crippen LogP contribution in [0.4, 0.5) is 0 Å². The molecule has 4 rings (SSSR count). The molecule has 2 fully saturated rings. The molecule has 2 aliphatic heterocycles. The number of carboxylic acids is 2. The van der Waals surface area contributed by atoms with Crippen molar-refractivity contribution in [1.29, 1.82) is 0 Å². The van der Waals surface area contributed by atoms with E-state index in [9.17, 15) is 27.8 Å². The Bertz CT molecular complexity index is 1820. The summed E-state index contributed by atoms with van der Waals surface area (Å²) >= 11 is 5.57. The number of nitrogens with one attached hydrogen (secondary N) is 1. The van der Waals surface area contributed by atoms with Crippen LogP contribution in [-0.4, -0.2) is 153 Å². The molecule has 2 aliphatic rings. The second kappa shape index (κ2) is 33.3. The zero-order valence-corrected chi connectivity index (χ0v) is 44.3. The van der Waals surface area contributed by atoms with Crippen LogP contribution in [0.3, 0.4) is 0 Å². The van der Waals surface area contributed by atoms with Gasteiger partial charge < -0.3 is 42.7 Å². The molecule has 0 aromatic heterocycles. The number of halogens is 3. The predicted molar refractivity (Wildman–Crippen MR) is 262 cm³/mol. The van der Waals surface area contributed by atoms with E-state index in [-0.39, 0.29) is 93.7 Å². The molecule has 2 aromatic rings. The fourth-order valence-electron chi connectivity index (χ4n) is 6.55. The van der Waals surface area contributed by atoms with E-state index in [2.05, 4.69) is 20.0 Å². The minimum atomic E-state index is -3.47. The number of rotatable bonds is 25. The molecule has 2 atom stereocenters. The van der Waals surface area contributed by atoms with Gasteiger partial charge in [0.2, 0.25) is 14.7 Å². The maximum atomic E-state index is 13.4. The third-order valence-corrected chi connectivity index (χ3v) is 21.9. The van der Waals surface area contributed by atoms with Gasteiger partial charge in [-0.05, 0) is 76.9 Å². The maximum Gasteiger partial charge on any atom is 0.340 e. The first kappa shape index (κ1) is 63.8. The average molecular weight is 1060 g/mol. The van der Waals surface area contributed by atoms with E-state index in [1.165, 1.54) is 5.56 Å². The molecule has 65 heavy (non-hydrogen) atoms. The van der Waals surface area contributed by atoms with Crippen LogP contribution >= 0.6 is 66.3 Å². The van der Waals surface area contributed by atoms with Crippen molar-refractivity contribution in [3.8, 4) is 0 Å². The summed E-state index contributed by atoms with van der Waals surface area (Å²) in [6.45, 7) is 20.5. The van der Waals surface area contributed by atoms with Gasteiger partial charge in [0.05, 0.1) is 62.7 Å². The van der Waals surface area contributed by atoms with Crippen molar-refractivity contribution in [3.05, 3.63) is 70.8 Å². The Labute approximate surface area is 402 Å². The number of carbonyl (C=O) groups is 2. The standard InChI is InChI=1S/C20H34N2O7P2.C12H16N2O2.C8H19ClO5P2.2ClH/c1-4-27-30(25,17-31(26,28-5-2)29-6-3)16-22-13-11-21(12-14-22)15-18-7-9-19(10-8-18)20(23)24;15-12(16)11-3-1-10(2-4-11)9-14-7-5-13-6-8-14;1-4-12-15(10,7-9)8-16(11,13-5-2)14-6-3;;/h7-10H,4-6,11-17H2,1-3H3,(H,23,24);1-4,13H,5-9H2,(H,15,16);4-8H2,1-3H3;2*1H. The molecule has 0 aliphatic carbocycles. The van der Waals surface area contributed by atoms with Crippen LogP contribution in [0.1, 0.15) is 73.4 Å². The lowest BCUT2D eigenvalue weighted by Gasteiger charge is -2.36.